The minimum Gasteiger partial charge on any atom is -0.383 e. The molecule has 7 heteroatoms. The van der Waals surface area contributed by atoms with Crippen molar-refractivity contribution in [2.75, 3.05) is 25.6 Å². The number of ether oxygens (including phenoxy) is 1. The van der Waals surface area contributed by atoms with E-state index in [2.05, 4.69) is 20.6 Å². The van der Waals surface area contributed by atoms with Crippen molar-refractivity contribution in [2.45, 2.75) is 13.0 Å². The molecule has 1 amide bonds. The van der Waals surface area contributed by atoms with Gasteiger partial charge in [0.1, 0.15) is 11.9 Å². The average molecular weight is 259 g/mol. The lowest BCUT2D eigenvalue weighted by Gasteiger charge is -2.14. The topological polar surface area (TPSA) is 76.1 Å². The summed E-state index contributed by atoms with van der Waals surface area (Å²) >= 11 is 5.63. The summed E-state index contributed by atoms with van der Waals surface area (Å²) in [6.45, 7) is 2.70. The molecule has 0 spiro atoms. The monoisotopic (exact) mass is 258 g/mol. The van der Waals surface area contributed by atoms with Crippen LogP contribution in [0, 0.1) is 0 Å². The summed E-state index contributed by atoms with van der Waals surface area (Å²) in [6.07, 6.45) is 1.52. The molecule has 0 aromatic carbocycles. The molecule has 94 valence electrons. The fourth-order valence-electron chi connectivity index (χ4n) is 1.13. The van der Waals surface area contributed by atoms with Gasteiger partial charge in [0, 0.05) is 19.9 Å². The number of carbonyl (C=O) groups is 1. The first kappa shape index (κ1) is 13.7. The fourth-order valence-corrected chi connectivity index (χ4v) is 1.28. The van der Waals surface area contributed by atoms with Crippen LogP contribution in [0.2, 0.25) is 5.28 Å². The Balaban J connectivity index is 2.43. The van der Waals surface area contributed by atoms with Gasteiger partial charge in [0.05, 0.1) is 6.61 Å². The molecule has 1 unspecified atom stereocenters. The second kappa shape index (κ2) is 7.03. The molecular weight excluding hydrogens is 244 g/mol. The van der Waals surface area contributed by atoms with Gasteiger partial charge < -0.3 is 15.4 Å². The van der Waals surface area contributed by atoms with Gasteiger partial charge in [-0.3, -0.25) is 4.79 Å². The van der Waals surface area contributed by atoms with Gasteiger partial charge in [-0.2, -0.15) is 0 Å². The standard InChI is InChI=1S/C10H15ClN4O2/c1-7(9(16)12-5-6-17-2)14-8-3-4-13-10(11)15-8/h3-4,7H,5-6H2,1-2H3,(H,12,16)(H,13,14,15). The zero-order chi connectivity index (χ0) is 12.7. The van der Waals surface area contributed by atoms with Crippen molar-refractivity contribution in [3.05, 3.63) is 17.5 Å². The molecule has 1 atom stereocenters. The Labute approximate surface area is 105 Å². The third-order valence-corrected chi connectivity index (χ3v) is 2.17. The number of hydrogen-bond acceptors (Lipinski definition) is 5. The summed E-state index contributed by atoms with van der Waals surface area (Å²) in [6, 6.07) is 1.24. The zero-order valence-electron chi connectivity index (χ0n) is 9.74. The quantitative estimate of drug-likeness (QED) is 0.580. The molecule has 1 rings (SSSR count). The van der Waals surface area contributed by atoms with E-state index in [1.54, 1.807) is 20.1 Å². The molecule has 6 nitrogen and oxygen atoms in total. The van der Waals surface area contributed by atoms with E-state index >= 15 is 0 Å². The van der Waals surface area contributed by atoms with Crippen molar-refractivity contribution in [3.63, 3.8) is 0 Å². The normalized spacial score (nSPS) is 11.9. The third-order valence-electron chi connectivity index (χ3n) is 1.99. The van der Waals surface area contributed by atoms with Crippen molar-refractivity contribution < 1.29 is 9.53 Å². The van der Waals surface area contributed by atoms with E-state index in [1.807, 2.05) is 0 Å². The number of rotatable bonds is 6. The molecule has 0 saturated heterocycles. The maximum atomic E-state index is 11.6. The fraction of sp³-hybridized carbons (Fsp3) is 0.500. The number of aromatic nitrogens is 2. The second-order valence-electron chi connectivity index (χ2n) is 3.36. The molecular formula is C10H15ClN4O2. The maximum absolute atomic E-state index is 11.6. The molecule has 17 heavy (non-hydrogen) atoms. The van der Waals surface area contributed by atoms with Crippen LogP contribution in [-0.4, -0.2) is 42.2 Å². The molecule has 0 bridgehead atoms. The van der Waals surface area contributed by atoms with Gasteiger partial charge in [-0.05, 0) is 24.6 Å². The van der Waals surface area contributed by atoms with Crippen LogP contribution in [0.25, 0.3) is 0 Å². The summed E-state index contributed by atoms with van der Waals surface area (Å²) in [5, 5.41) is 5.78. The number of amides is 1. The minimum absolute atomic E-state index is 0.128. The number of nitrogens with zero attached hydrogens (tertiary/aromatic N) is 2. The first-order chi connectivity index (χ1) is 8.13. The molecule has 1 aromatic heterocycles. The highest BCUT2D eigenvalue weighted by molar-refractivity contribution is 6.28. The van der Waals surface area contributed by atoms with E-state index in [1.165, 1.54) is 6.20 Å². The van der Waals surface area contributed by atoms with Crippen LogP contribution in [0.5, 0.6) is 0 Å². The Morgan fingerprint density at radius 3 is 3.06 bits per heavy atom. The van der Waals surface area contributed by atoms with Crippen LogP contribution in [0.1, 0.15) is 6.92 Å². The number of anilines is 1. The molecule has 0 aliphatic rings. The van der Waals surface area contributed by atoms with Gasteiger partial charge in [0.15, 0.2) is 0 Å². The SMILES string of the molecule is COCCNC(=O)C(C)Nc1ccnc(Cl)n1. The van der Waals surface area contributed by atoms with Crippen molar-refractivity contribution in [1.29, 1.82) is 0 Å². The Kier molecular flexibility index (Phi) is 5.65. The van der Waals surface area contributed by atoms with Gasteiger partial charge in [0.25, 0.3) is 0 Å². The Morgan fingerprint density at radius 1 is 1.65 bits per heavy atom. The molecule has 0 aliphatic carbocycles. The minimum atomic E-state index is -0.405. The lowest BCUT2D eigenvalue weighted by molar-refractivity contribution is -0.121. The molecule has 2 N–H and O–H groups in total. The van der Waals surface area contributed by atoms with E-state index in [9.17, 15) is 4.79 Å². The van der Waals surface area contributed by atoms with E-state index < -0.39 is 6.04 Å². The van der Waals surface area contributed by atoms with Crippen molar-refractivity contribution >= 4 is 23.3 Å². The van der Waals surface area contributed by atoms with Crippen molar-refractivity contribution in [3.8, 4) is 0 Å². The number of hydrogen-bond donors (Lipinski definition) is 2. The van der Waals surface area contributed by atoms with Crippen molar-refractivity contribution in [1.82, 2.24) is 15.3 Å². The summed E-state index contributed by atoms with van der Waals surface area (Å²) in [5.41, 5.74) is 0. The molecule has 0 radical (unpaired) electrons. The van der Waals surface area contributed by atoms with Crippen LogP contribution in [0.3, 0.4) is 0 Å². The number of nitrogens with one attached hydrogen (secondary N) is 2. The second-order valence-corrected chi connectivity index (χ2v) is 3.70. The van der Waals surface area contributed by atoms with Gasteiger partial charge in [-0.25, -0.2) is 9.97 Å². The van der Waals surface area contributed by atoms with Crippen LogP contribution < -0.4 is 10.6 Å². The highest BCUT2D eigenvalue weighted by Gasteiger charge is 2.12. The Bertz CT molecular complexity index is 375. The first-order valence-corrected chi connectivity index (χ1v) is 5.53. The van der Waals surface area contributed by atoms with E-state index in [0.717, 1.165) is 0 Å². The third kappa shape index (κ3) is 4.97. The predicted molar refractivity (Wildman–Crippen MR) is 65.0 cm³/mol. The van der Waals surface area contributed by atoms with E-state index in [-0.39, 0.29) is 11.2 Å². The van der Waals surface area contributed by atoms with Crippen LogP contribution in [0.15, 0.2) is 12.3 Å². The summed E-state index contributed by atoms with van der Waals surface area (Å²) in [5.74, 6) is 0.385. The highest BCUT2D eigenvalue weighted by Crippen LogP contribution is 2.07. The summed E-state index contributed by atoms with van der Waals surface area (Å²) < 4.78 is 4.83. The number of halogens is 1. The van der Waals surface area contributed by atoms with Gasteiger partial charge >= 0.3 is 0 Å². The molecule has 1 heterocycles. The number of methoxy groups -OCH3 is 1. The summed E-state index contributed by atoms with van der Waals surface area (Å²) in [4.78, 5) is 19.3. The molecule has 1 aromatic rings. The Hall–Kier alpha value is -1.40. The smallest absolute Gasteiger partial charge is 0.242 e. The first-order valence-electron chi connectivity index (χ1n) is 5.15. The molecule has 0 saturated carbocycles. The van der Waals surface area contributed by atoms with Crippen molar-refractivity contribution in [2.24, 2.45) is 0 Å². The molecule has 0 fully saturated rings. The van der Waals surface area contributed by atoms with Gasteiger partial charge in [-0.15, -0.1) is 0 Å². The van der Waals surface area contributed by atoms with Crippen LogP contribution >= 0.6 is 11.6 Å². The molecule has 0 aliphatic heterocycles. The largest absolute Gasteiger partial charge is 0.383 e. The van der Waals surface area contributed by atoms with E-state index in [0.29, 0.717) is 19.0 Å². The lowest BCUT2D eigenvalue weighted by Crippen LogP contribution is -2.39. The Morgan fingerprint density at radius 2 is 2.41 bits per heavy atom. The maximum Gasteiger partial charge on any atom is 0.242 e. The van der Waals surface area contributed by atoms with Gasteiger partial charge in [0.2, 0.25) is 11.2 Å². The zero-order valence-corrected chi connectivity index (χ0v) is 10.5. The lowest BCUT2D eigenvalue weighted by atomic mass is 10.3. The van der Waals surface area contributed by atoms with Gasteiger partial charge in [-0.1, -0.05) is 0 Å². The van der Waals surface area contributed by atoms with Crippen LogP contribution in [-0.2, 0) is 9.53 Å². The van der Waals surface area contributed by atoms with Crippen LogP contribution in [0.4, 0.5) is 5.82 Å². The highest BCUT2D eigenvalue weighted by atomic mass is 35.5. The van der Waals surface area contributed by atoms with E-state index in [4.69, 9.17) is 16.3 Å². The predicted octanol–water partition coefficient (Wildman–Crippen LogP) is 0.693. The average Bonchev–Trinajstić information content (AvgIpc) is 2.29. The summed E-state index contributed by atoms with van der Waals surface area (Å²) in [7, 11) is 1.58. The number of carbonyl (C=O) groups excluding carboxylic acids is 1.